The highest BCUT2D eigenvalue weighted by Gasteiger charge is 2.24. The van der Waals surface area contributed by atoms with Gasteiger partial charge in [0, 0.05) is 0 Å². The highest BCUT2D eigenvalue weighted by Crippen LogP contribution is 2.41. The Kier molecular flexibility index (Phi) is 8.53. The van der Waals surface area contributed by atoms with Crippen LogP contribution in [0.3, 0.4) is 0 Å². The van der Waals surface area contributed by atoms with E-state index in [0.717, 1.165) is 25.7 Å². The first-order chi connectivity index (χ1) is 7.52. The van der Waals surface area contributed by atoms with Gasteiger partial charge in [0.1, 0.15) is 6.16 Å². The highest BCUT2D eigenvalue weighted by atomic mass is 31.2. The van der Waals surface area contributed by atoms with Gasteiger partial charge in [0.25, 0.3) is 0 Å². The largest absolute Gasteiger partial charge is 0.466 e. The van der Waals surface area contributed by atoms with E-state index in [1.807, 2.05) is 0 Å². The van der Waals surface area contributed by atoms with Gasteiger partial charge in [0.2, 0.25) is 0 Å². The topological polar surface area (TPSA) is 72.8 Å². The average Bonchev–Trinajstić information content (AvgIpc) is 2.16. The van der Waals surface area contributed by atoms with Crippen molar-refractivity contribution in [1.82, 2.24) is 0 Å². The highest BCUT2D eigenvalue weighted by molar-refractivity contribution is 7.53. The van der Waals surface area contributed by atoms with Crippen molar-refractivity contribution in [3.8, 4) is 0 Å². The van der Waals surface area contributed by atoms with Crippen molar-refractivity contribution in [3.05, 3.63) is 0 Å². The fraction of sp³-hybridized carbons (Fsp3) is 0.900. The molecular weight excluding hydrogens is 231 g/mol. The zero-order valence-corrected chi connectivity index (χ0v) is 10.9. The normalized spacial score (nSPS) is 14.4. The molecule has 0 rings (SSSR count). The fourth-order valence-corrected chi connectivity index (χ4v) is 2.07. The van der Waals surface area contributed by atoms with Gasteiger partial charge in [-0.25, -0.2) is 0 Å². The van der Waals surface area contributed by atoms with Gasteiger partial charge in [-0.3, -0.25) is 9.36 Å². The molecule has 16 heavy (non-hydrogen) atoms. The number of carbonyl (C=O) groups excluding carboxylic acids is 1. The van der Waals surface area contributed by atoms with Crippen molar-refractivity contribution in [2.75, 3.05) is 19.4 Å². The summed E-state index contributed by atoms with van der Waals surface area (Å²) in [4.78, 5) is 20.3. The Morgan fingerprint density at radius 1 is 1.25 bits per heavy atom. The summed E-state index contributed by atoms with van der Waals surface area (Å²) in [5.41, 5.74) is 0. The molecule has 5 nitrogen and oxygen atoms in total. The molecule has 0 aromatic carbocycles. The monoisotopic (exact) mass is 252 g/mol. The fourth-order valence-electron chi connectivity index (χ4n) is 1.15. The molecule has 0 spiro atoms. The van der Waals surface area contributed by atoms with E-state index in [2.05, 4.69) is 11.7 Å². The van der Waals surface area contributed by atoms with Gasteiger partial charge in [-0.05, 0) is 13.3 Å². The van der Waals surface area contributed by atoms with Gasteiger partial charge < -0.3 is 14.2 Å². The van der Waals surface area contributed by atoms with Crippen LogP contribution in [0.15, 0.2) is 0 Å². The lowest BCUT2D eigenvalue weighted by Crippen LogP contribution is -2.11. The molecule has 0 amide bonds. The van der Waals surface area contributed by atoms with Crippen molar-refractivity contribution < 1.29 is 23.5 Å². The van der Waals surface area contributed by atoms with Crippen LogP contribution >= 0.6 is 7.60 Å². The Balaban J connectivity index is 3.70. The van der Waals surface area contributed by atoms with Crippen molar-refractivity contribution in [2.24, 2.45) is 0 Å². The lowest BCUT2D eigenvalue weighted by Gasteiger charge is -2.11. The van der Waals surface area contributed by atoms with E-state index in [0.29, 0.717) is 0 Å². The second kappa shape index (κ2) is 8.74. The first-order valence-corrected chi connectivity index (χ1v) is 7.40. The maximum absolute atomic E-state index is 11.4. The van der Waals surface area contributed by atoms with Crippen molar-refractivity contribution in [3.63, 3.8) is 0 Å². The lowest BCUT2D eigenvalue weighted by molar-refractivity contribution is -0.140. The van der Waals surface area contributed by atoms with Gasteiger partial charge >= 0.3 is 13.6 Å². The number of rotatable bonds is 9. The van der Waals surface area contributed by atoms with Crippen molar-refractivity contribution >= 4 is 13.6 Å². The van der Waals surface area contributed by atoms with E-state index in [1.54, 1.807) is 6.92 Å². The maximum atomic E-state index is 11.4. The third-order valence-electron chi connectivity index (χ3n) is 1.93. The van der Waals surface area contributed by atoms with Crippen LogP contribution in [-0.2, 0) is 18.6 Å². The van der Waals surface area contributed by atoms with E-state index in [-0.39, 0.29) is 13.2 Å². The molecule has 0 fully saturated rings. The molecule has 0 aliphatic carbocycles. The Bertz CT molecular complexity index is 241. The van der Waals surface area contributed by atoms with Crippen LogP contribution in [0.25, 0.3) is 0 Å². The molecule has 0 saturated heterocycles. The minimum absolute atomic E-state index is 0.204. The number of hydrogen-bond acceptors (Lipinski definition) is 4. The number of unbranched alkanes of at least 4 members (excludes halogenated alkanes) is 3. The summed E-state index contributed by atoms with van der Waals surface area (Å²) in [6, 6.07) is 0. The Morgan fingerprint density at radius 3 is 2.50 bits per heavy atom. The molecule has 0 saturated carbocycles. The SMILES string of the molecule is CCCCCCOP(=O)(O)CC(=O)OCC. The van der Waals surface area contributed by atoms with Crippen LogP contribution in [0.1, 0.15) is 39.5 Å². The van der Waals surface area contributed by atoms with Gasteiger partial charge in [-0.1, -0.05) is 26.2 Å². The molecule has 1 atom stereocenters. The van der Waals surface area contributed by atoms with Crippen molar-refractivity contribution in [1.29, 1.82) is 0 Å². The van der Waals surface area contributed by atoms with Crippen LogP contribution in [0.4, 0.5) is 0 Å². The average molecular weight is 252 g/mol. The second-order valence-corrected chi connectivity index (χ2v) is 5.34. The smallest absolute Gasteiger partial charge is 0.339 e. The predicted molar refractivity (Wildman–Crippen MR) is 61.4 cm³/mol. The first-order valence-electron chi connectivity index (χ1n) is 5.63. The zero-order chi connectivity index (χ0) is 12.4. The molecule has 0 heterocycles. The second-order valence-electron chi connectivity index (χ2n) is 3.49. The summed E-state index contributed by atoms with van der Waals surface area (Å²) in [5.74, 6) is -0.693. The van der Waals surface area contributed by atoms with Crippen LogP contribution in [0.5, 0.6) is 0 Å². The molecule has 0 aromatic rings. The predicted octanol–water partition coefficient (Wildman–Crippen LogP) is 2.33. The quantitative estimate of drug-likeness (QED) is 0.387. The van der Waals surface area contributed by atoms with E-state index in [1.165, 1.54) is 0 Å². The summed E-state index contributed by atoms with van der Waals surface area (Å²) in [6.45, 7) is 4.15. The van der Waals surface area contributed by atoms with Crippen LogP contribution in [0, 0.1) is 0 Å². The lowest BCUT2D eigenvalue weighted by atomic mass is 10.2. The van der Waals surface area contributed by atoms with Gasteiger partial charge in [-0.2, -0.15) is 0 Å². The summed E-state index contributed by atoms with van der Waals surface area (Å²) >= 11 is 0. The van der Waals surface area contributed by atoms with Crippen molar-refractivity contribution in [2.45, 2.75) is 39.5 Å². The molecule has 0 aliphatic rings. The van der Waals surface area contributed by atoms with Gasteiger partial charge in [-0.15, -0.1) is 0 Å². The Morgan fingerprint density at radius 2 is 1.94 bits per heavy atom. The zero-order valence-electron chi connectivity index (χ0n) is 9.98. The summed E-state index contributed by atoms with van der Waals surface area (Å²) in [6.07, 6.45) is 3.32. The third kappa shape index (κ3) is 8.89. The van der Waals surface area contributed by atoms with Crippen LogP contribution < -0.4 is 0 Å². The number of ether oxygens (including phenoxy) is 1. The summed E-state index contributed by atoms with van der Waals surface area (Å²) < 4.78 is 20.7. The maximum Gasteiger partial charge on any atom is 0.339 e. The molecule has 1 unspecified atom stereocenters. The minimum Gasteiger partial charge on any atom is -0.466 e. The number of hydrogen-bond donors (Lipinski definition) is 1. The Hall–Kier alpha value is -0.380. The molecule has 1 N–H and O–H groups in total. The van der Waals surface area contributed by atoms with Crippen LogP contribution in [0.2, 0.25) is 0 Å². The molecule has 0 radical (unpaired) electrons. The summed E-state index contributed by atoms with van der Waals surface area (Å²) in [5, 5.41) is 0. The Labute approximate surface area is 96.7 Å². The van der Waals surface area contributed by atoms with Gasteiger partial charge in [0.05, 0.1) is 13.2 Å². The number of esters is 1. The molecule has 0 bridgehead atoms. The number of carbonyl (C=O) groups is 1. The van der Waals surface area contributed by atoms with E-state index < -0.39 is 19.7 Å². The summed E-state index contributed by atoms with van der Waals surface area (Å²) in [7, 11) is -3.80. The van der Waals surface area contributed by atoms with Crippen LogP contribution in [-0.4, -0.2) is 30.2 Å². The standard InChI is InChI=1S/C10H21O5P/c1-3-5-6-7-8-15-16(12,13)9-10(11)14-4-2/h3-9H2,1-2H3,(H,12,13). The molecule has 96 valence electrons. The van der Waals surface area contributed by atoms with E-state index in [4.69, 9.17) is 4.52 Å². The third-order valence-corrected chi connectivity index (χ3v) is 3.17. The molecule has 0 aromatic heterocycles. The first kappa shape index (κ1) is 15.6. The molecule has 0 aliphatic heterocycles. The van der Waals surface area contributed by atoms with Gasteiger partial charge in [0.15, 0.2) is 0 Å². The molecular formula is C10H21O5P. The van der Waals surface area contributed by atoms with E-state index >= 15 is 0 Å². The minimum atomic E-state index is -3.80. The van der Waals surface area contributed by atoms with E-state index in [9.17, 15) is 14.3 Å². The molecule has 6 heteroatoms.